The Morgan fingerprint density at radius 2 is 1.94 bits per heavy atom. The molecule has 0 fully saturated rings. The monoisotopic (exact) mass is 498 g/mol. The minimum Gasteiger partial charge on any atom is -0.462 e. The van der Waals surface area contributed by atoms with E-state index in [9.17, 15) is 9.59 Å². The van der Waals surface area contributed by atoms with Crippen LogP contribution in [-0.2, 0) is 21.6 Å². The first-order chi connectivity index (χ1) is 15.0. The SMILES string of the molecule is CCOC(=O)c1sc(N)c(C(=O)OCC)c1CSc1nnc(NCCc2cccs2)s1. The van der Waals surface area contributed by atoms with Gasteiger partial charge in [0.25, 0.3) is 0 Å². The molecule has 0 amide bonds. The third-order valence-corrected chi connectivity index (χ3v) is 7.97. The summed E-state index contributed by atoms with van der Waals surface area (Å²) in [5, 5.41) is 14.6. The van der Waals surface area contributed by atoms with Crippen molar-refractivity contribution < 1.29 is 19.1 Å². The predicted octanol–water partition coefficient (Wildman–Crippen LogP) is 4.54. The molecule has 0 aliphatic heterocycles. The quantitative estimate of drug-likeness (QED) is 0.290. The van der Waals surface area contributed by atoms with Gasteiger partial charge in [0.1, 0.15) is 9.88 Å². The van der Waals surface area contributed by atoms with Crippen LogP contribution in [0.25, 0.3) is 0 Å². The van der Waals surface area contributed by atoms with Crippen molar-refractivity contribution in [3.05, 3.63) is 38.4 Å². The van der Waals surface area contributed by atoms with E-state index in [0.717, 1.165) is 29.4 Å². The summed E-state index contributed by atoms with van der Waals surface area (Å²) in [7, 11) is 0. The molecule has 3 N–H and O–H groups in total. The van der Waals surface area contributed by atoms with Crippen LogP contribution in [0.5, 0.6) is 0 Å². The summed E-state index contributed by atoms with van der Waals surface area (Å²) in [4.78, 5) is 26.4. The van der Waals surface area contributed by atoms with E-state index < -0.39 is 11.9 Å². The third-order valence-electron chi connectivity index (χ3n) is 3.95. The summed E-state index contributed by atoms with van der Waals surface area (Å²) in [6.07, 6.45) is 0.916. The summed E-state index contributed by atoms with van der Waals surface area (Å²) < 4.78 is 11.0. The van der Waals surface area contributed by atoms with Crippen LogP contribution < -0.4 is 11.1 Å². The maximum absolute atomic E-state index is 12.4. The zero-order chi connectivity index (χ0) is 22.2. The Morgan fingerprint density at radius 3 is 2.65 bits per heavy atom. The molecule has 0 bridgehead atoms. The smallest absolute Gasteiger partial charge is 0.348 e. The molecule has 0 aliphatic carbocycles. The maximum atomic E-state index is 12.4. The van der Waals surface area contributed by atoms with E-state index >= 15 is 0 Å². The van der Waals surface area contributed by atoms with Gasteiger partial charge >= 0.3 is 11.9 Å². The van der Waals surface area contributed by atoms with Crippen molar-refractivity contribution in [2.45, 2.75) is 30.4 Å². The highest BCUT2D eigenvalue weighted by molar-refractivity contribution is 8.00. The molecule has 12 heteroatoms. The number of nitrogens with two attached hydrogens (primary N) is 1. The van der Waals surface area contributed by atoms with Crippen LogP contribution in [0.15, 0.2) is 21.9 Å². The van der Waals surface area contributed by atoms with Gasteiger partial charge in [-0.05, 0) is 31.7 Å². The Hall–Kier alpha value is -2.15. The van der Waals surface area contributed by atoms with E-state index in [4.69, 9.17) is 15.2 Å². The highest BCUT2D eigenvalue weighted by atomic mass is 32.2. The summed E-state index contributed by atoms with van der Waals surface area (Å²) in [5.74, 6) is -0.728. The number of nitrogens with one attached hydrogen (secondary N) is 1. The molecular formula is C19H22N4O4S4. The number of rotatable bonds is 11. The summed E-state index contributed by atoms with van der Waals surface area (Å²) in [6.45, 7) is 4.65. The molecule has 0 atom stereocenters. The highest BCUT2D eigenvalue weighted by Crippen LogP contribution is 2.37. The van der Waals surface area contributed by atoms with Gasteiger partial charge in [0.15, 0.2) is 4.34 Å². The van der Waals surface area contributed by atoms with Crippen molar-refractivity contribution in [1.82, 2.24) is 10.2 Å². The van der Waals surface area contributed by atoms with Gasteiger partial charge in [0.05, 0.1) is 18.8 Å². The first-order valence-corrected chi connectivity index (χ1v) is 13.0. The van der Waals surface area contributed by atoms with Crippen LogP contribution in [0.2, 0.25) is 0 Å². The number of nitrogens with zero attached hydrogens (tertiary/aromatic N) is 2. The number of esters is 2. The minimum atomic E-state index is -0.546. The molecule has 3 heterocycles. The van der Waals surface area contributed by atoms with Crippen molar-refractivity contribution in [1.29, 1.82) is 0 Å². The van der Waals surface area contributed by atoms with Crippen LogP contribution in [0, 0.1) is 0 Å². The lowest BCUT2D eigenvalue weighted by Gasteiger charge is -2.06. The van der Waals surface area contributed by atoms with Crippen molar-refractivity contribution in [2.24, 2.45) is 0 Å². The van der Waals surface area contributed by atoms with Gasteiger partial charge < -0.3 is 20.5 Å². The van der Waals surface area contributed by atoms with Crippen molar-refractivity contribution >= 4 is 67.8 Å². The van der Waals surface area contributed by atoms with Gasteiger partial charge in [-0.15, -0.1) is 32.9 Å². The normalized spacial score (nSPS) is 10.8. The molecule has 31 heavy (non-hydrogen) atoms. The Morgan fingerprint density at radius 1 is 1.16 bits per heavy atom. The van der Waals surface area contributed by atoms with Crippen LogP contribution in [-0.4, -0.2) is 41.9 Å². The average molecular weight is 499 g/mol. The van der Waals surface area contributed by atoms with E-state index in [2.05, 4.69) is 27.0 Å². The predicted molar refractivity (Wildman–Crippen MR) is 127 cm³/mol. The molecule has 0 saturated heterocycles. The summed E-state index contributed by atoms with van der Waals surface area (Å²) in [5.41, 5.74) is 6.77. The highest BCUT2D eigenvalue weighted by Gasteiger charge is 2.28. The standard InChI is InChI=1S/C19H22N4O4S4/c1-3-26-16(24)13-12(14(30-15(13)20)17(25)27-4-2)10-29-19-23-22-18(31-19)21-8-7-11-6-5-9-28-11/h5-6,9H,3-4,7-8,10,20H2,1-2H3,(H,21,22). The molecule has 3 aromatic rings. The fourth-order valence-electron chi connectivity index (χ4n) is 2.63. The van der Waals surface area contributed by atoms with Gasteiger partial charge in [0, 0.05) is 22.7 Å². The lowest BCUT2D eigenvalue weighted by atomic mass is 10.1. The Bertz CT molecular complexity index is 1020. The molecule has 0 spiro atoms. The summed E-state index contributed by atoms with van der Waals surface area (Å²) in [6, 6.07) is 4.13. The molecule has 0 aromatic carbocycles. The fraction of sp³-hybridized carbons (Fsp3) is 0.368. The van der Waals surface area contributed by atoms with Crippen LogP contribution in [0.3, 0.4) is 0 Å². The lowest BCUT2D eigenvalue weighted by molar-refractivity contribution is 0.0527. The number of anilines is 2. The fourth-order valence-corrected chi connectivity index (χ4v) is 6.21. The van der Waals surface area contributed by atoms with E-state index in [0.29, 0.717) is 20.5 Å². The van der Waals surface area contributed by atoms with E-state index in [1.807, 2.05) is 6.07 Å². The molecule has 0 unspecified atom stereocenters. The molecule has 0 radical (unpaired) electrons. The van der Waals surface area contributed by atoms with E-state index in [1.54, 1.807) is 25.2 Å². The summed E-state index contributed by atoms with van der Waals surface area (Å²) >= 11 is 5.56. The molecule has 8 nitrogen and oxygen atoms in total. The van der Waals surface area contributed by atoms with E-state index in [-0.39, 0.29) is 23.8 Å². The van der Waals surface area contributed by atoms with Gasteiger partial charge in [-0.1, -0.05) is 29.2 Å². The van der Waals surface area contributed by atoms with Crippen LogP contribution in [0.4, 0.5) is 10.1 Å². The third kappa shape index (κ3) is 6.19. The second-order valence-corrected chi connectivity index (χ2v) is 10.3. The average Bonchev–Trinajstić information content (AvgIpc) is 3.47. The number of nitrogen functional groups attached to an aromatic ring is 1. The zero-order valence-corrected chi connectivity index (χ0v) is 20.3. The van der Waals surface area contributed by atoms with Gasteiger partial charge in [0.2, 0.25) is 5.13 Å². The number of hydrogen-bond acceptors (Lipinski definition) is 12. The second kappa shape index (κ2) is 11.5. The number of carbonyl (C=O) groups is 2. The topological polar surface area (TPSA) is 116 Å². The molecule has 0 aliphatic rings. The molecule has 3 aromatic heterocycles. The molecule has 166 valence electrons. The number of aromatic nitrogens is 2. The maximum Gasteiger partial charge on any atom is 0.348 e. The number of hydrogen-bond donors (Lipinski definition) is 2. The number of carbonyl (C=O) groups excluding carboxylic acids is 2. The Kier molecular flexibility index (Phi) is 8.69. The van der Waals surface area contributed by atoms with Gasteiger partial charge in [-0.3, -0.25) is 0 Å². The van der Waals surface area contributed by atoms with E-state index in [1.165, 1.54) is 28.0 Å². The lowest BCUT2D eigenvalue weighted by Crippen LogP contribution is -2.10. The van der Waals surface area contributed by atoms with Gasteiger partial charge in [-0.2, -0.15) is 0 Å². The molecule has 3 rings (SSSR count). The first-order valence-electron chi connectivity index (χ1n) is 9.51. The first kappa shape index (κ1) is 23.5. The Labute approximate surface area is 196 Å². The number of ether oxygens (including phenoxy) is 2. The van der Waals surface area contributed by atoms with Crippen molar-refractivity contribution in [2.75, 3.05) is 30.8 Å². The second-order valence-electron chi connectivity index (χ2n) is 6.01. The Balaban J connectivity index is 1.69. The van der Waals surface area contributed by atoms with Crippen LogP contribution >= 0.6 is 45.8 Å². The molecular weight excluding hydrogens is 477 g/mol. The number of thioether (sulfide) groups is 1. The van der Waals surface area contributed by atoms with Gasteiger partial charge in [-0.25, -0.2) is 9.59 Å². The van der Waals surface area contributed by atoms with Crippen LogP contribution in [0.1, 0.15) is 44.3 Å². The van der Waals surface area contributed by atoms with Crippen molar-refractivity contribution in [3.63, 3.8) is 0 Å². The minimum absolute atomic E-state index is 0.215. The van der Waals surface area contributed by atoms with Crippen molar-refractivity contribution in [3.8, 4) is 0 Å². The largest absolute Gasteiger partial charge is 0.462 e. The zero-order valence-electron chi connectivity index (χ0n) is 17.0. The number of thiophene rings is 2. The molecule has 0 saturated carbocycles.